The molecule has 9 heteroatoms. The van der Waals surface area contributed by atoms with Gasteiger partial charge in [0.2, 0.25) is 5.95 Å². The molecule has 1 aliphatic rings. The summed E-state index contributed by atoms with van der Waals surface area (Å²) in [7, 11) is 1.34. The molecular weight excluding hydrogens is 447 g/mol. The van der Waals surface area contributed by atoms with Gasteiger partial charge in [-0.2, -0.15) is 0 Å². The van der Waals surface area contributed by atoms with E-state index in [1.54, 1.807) is 18.2 Å². The number of fused-ring (bicyclic) bond motifs is 1. The fraction of sp³-hybridized carbons (Fsp3) is 0.440. The van der Waals surface area contributed by atoms with Crippen molar-refractivity contribution in [3.05, 3.63) is 48.0 Å². The largest absolute Gasteiger partial charge is 0.573 e. The number of aromatic nitrogens is 2. The molecule has 1 heterocycles. The Hall–Kier alpha value is -3.23. The summed E-state index contributed by atoms with van der Waals surface area (Å²) in [5.41, 5.74) is 2.65. The van der Waals surface area contributed by atoms with Crippen LogP contribution in [0.4, 0.5) is 24.8 Å². The van der Waals surface area contributed by atoms with Crippen LogP contribution in [-0.2, 0) is 4.74 Å². The highest BCUT2D eigenvalue weighted by molar-refractivity contribution is 5.94. The minimum absolute atomic E-state index is 0.131. The summed E-state index contributed by atoms with van der Waals surface area (Å²) in [4.78, 5) is 16.9. The number of nitrogens with one attached hydrogen (secondary N) is 1. The van der Waals surface area contributed by atoms with Crippen LogP contribution in [0, 0.1) is 11.3 Å². The molecule has 1 N–H and O–H groups in total. The lowest BCUT2D eigenvalue weighted by Gasteiger charge is -2.40. The van der Waals surface area contributed by atoms with E-state index in [1.165, 1.54) is 31.4 Å². The van der Waals surface area contributed by atoms with Gasteiger partial charge in [0, 0.05) is 11.7 Å². The fourth-order valence-corrected chi connectivity index (χ4v) is 5.16. The van der Waals surface area contributed by atoms with Gasteiger partial charge in [-0.15, -0.1) is 13.2 Å². The van der Waals surface area contributed by atoms with Gasteiger partial charge >= 0.3 is 12.3 Å². The second-order valence-corrected chi connectivity index (χ2v) is 9.76. The van der Waals surface area contributed by atoms with Gasteiger partial charge in [-0.3, -0.25) is 0 Å². The van der Waals surface area contributed by atoms with Gasteiger partial charge < -0.3 is 19.4 Å². The molecule has 2 aromatic carbocycles. The van der Waals surface area contributed by atoms with Gasteiger partial charge in [-0.1, -0.05) is 20.8 Å². The lowest BCUT2D eigenvalue weighted by Crippen LogP contribution is -2.29. The molecule has 0 unspecified atom stereocenters. The summed E-state index contributed by atoms with van der Waals surface area (Å²) in [5.74, 6) is 0.344. The van der Waals surface area contributed by atoms with Gasteiger partial charge in [-0.05, 0) is 73.1 Å². The Kier molecular flexibility index (Phi) is 6.22. The van der Waals surface area contributed by atoms with Crippen LogP contribution in [-0.4, -0.2) is 29.0 Å². The fourth-order valence-electron chi connectivity index (χ4n) is 5.16. The van der Waals surface area contributed by atoms with Crippen molar-refractivity contribution in [1.29, 1.82) is 0 Å². The van der Waals surface area contributed by atoms with Gasteiger partial charge in [-0.25, -0.2) is 9.78 Å². The number of hydrogen-bond donors (Lipinski definition) is 1. The summed E-state index contributed by atoms with van der Waals surface area (Å²) in [5, 5.41) is 3.25. The minimum atomic E-state index is -4.75. The van der Waals surface area contributed by atoms with E-state index in [0.717, 1.165) is 24.8 Å². The molecule has 1 aromatic heterocycles. The predicted octanol–water partition coefficient (Wildman–Crippen LogP) is 6.85. The number of nitrogens with zero attached hydrogens (tertiary/aromatic N) is 2. The molecule has 0 radical (unpaired) electrons. The minimum Gasteiger partial charge on any atom is -0.465 e. The zero-order valence-electron chi connectivity index (χ0n) is 19.6. The number of alkyl halides is 3. The first kappa shape index (κ1) is 23.9. The Balaban J connectivity index is 1.75. The Bertz CT molecular complexity index is 1190. The number of carbonyl (C=O) groups excluding carboxylic acids is 1. The van der Waals surface area contributed by atoms with E-state index in [1.807, 2.05) is 0 Å². The van der Waals surface area contributed by atoms with Gasteiger partial charge in [0.1, 0.15) is 5.75 Å². The van der Waals surface area contributed by atoms with E-state index in [4.69, 9.17) is 9.72 Å². The maximum absolute atomic E-state index is 12.5. The van der Waals surface area contributed by atoms with Crippen molar-refractivity contribution >= 4 is 28.6 Å². The van der Waals surface area contributed by atoms with Crippen LogP contribution >= 0.6 is 0 Å². The smallest absolute Gasteiger partial charge is 0.465 e. The first-order valence-corrected chi connectivity index (χ1v) is 11.2. The number of carbonyl (C=O) groups is 1. The average molecular weight is 476 g/mol. The lowest BCUT2D eigenvalue weighted by molar-refractivity contribution is -0.274. The number of rotatable bonds is 5. The molecule has 0 aliphatic heterocycles. The van der Waals surface area contributed by atoms with Crippen LogP contribution in [0.2, 0.25) is 0 Å². The third-order valence-electron chi connectivity index (χ3n) is 6.18. The molecular formula is C25H28F3N3O3. The molecule has 1 aliphatic carbocycles. The van der Waals surface area contributed by atoms with Crippen molar-refractivity contribution in [1.82, 2.24) is 9.55 Å². The highest BCUT2D eigenvalue weighted by Crippen LogP contribution is 2.46. The number of benzene rings is 2. The number of esters is 1. The van der Waals surface area contributed by atoms with Crippen molar-refractivity contribution < 1.29 is 27.4 Å². The molecule has 1 saturated carbocycles. The average Bonchev–Trinajstić information content (AvgIpc) is 3.09. The molecule has 182 valence electrons. The third-order valence-corrected chi connectivity index (χ3v) is 6.18. The Morgan fingerprint density at radius 2 is 1.85 bits per heavy atom. The topological polar surface area (TPSA) is 65.4 Å². The van der Waals surface area contributed by atoms with E-state index in [9.17, 15) is 18.0 Å². The second-order valence-electron chi connectivity index (χ2n) is 9.76. The molecule has 0 saturated heterocycles. The molecule has 34 heavy (non-hydrogen) atoms. The summed E-state index contributed by atoms with van der Waals surface area (Å²) in [6, 6.07) is 10.9. The monoisotopic (exact) mass is 475 g/mol. The van der Waals surface area contributed by atoms with Crippen molar-refractivity contribution in [2.24, 2.45) is 11.3 Å². The zero-order chi connectivity index (χ0) is 24.7. The maximum Gasteiger partial charge on any atom is 0.573 e. The van der Waals surface area contributed by atoms with Crippen molar-refractivity contribution in [3.8, 4) is 5.75 Å². The van der Waals surface area contributed by atoms with Crippen LogP contribution in [0.1, 0.15) is 56.4 Å². The molecule has 4 rings (SSSR count). The first-order valence-electron chi connectivity index (χ1n) is 11.2. The Morgan fingerprint density at radius 3 is 2.47 bits per heavy atom. The SMILES string of the molecule is COC(=O)c1ccc2nc(Nc3ccc(OC(F)(F)F)cc3)n([C@@H]3C[C@H](C)CC(C)(C)C3)c2c1. The van der Waals surface area contributed by atoms with Crippen LogP contribution in [0.25, 0.3) is 11.0 Å². The molecule has 3 aromatic rings. The van der Waals surface area contributed by atoms with Gasteiger partial charge in [0.15, 0.2) is 0 Å². The van der Waals surface area contributed by atoms with Gasteiger partial charge in [0.05, 0.1) is 23.7 Å². The Morgan fingerprint density at radius 1 is 1.15 bits per heavy atom. The van der Waals surface area contributed by atoms with E-state index in [0.29, 0.717) is 28.6 Å². The van der Waals surface area contributed by atoms with Gasteiger partial charge in [0.25, 0.3) is 0 Å². The maximum atomic E-state index is 12.5. The lowest BCUT2D eigenvalue weighted by atomic mass is 9.70. The first-order chi connectivity index (χ1) is 15.9. The summed E-state index contributed by atoms with van der Waals surface area (Å²) in [6.07, 6.45) is -1.75. The number of halogens is 3. The van der Waals surface area contributed by atoms with Crippen LogP contribution < -0.4 is 10.1 Å². The van der Waals surface area contributed by atoms with Crippen molar-refractivity contribution in [3.63, 3.8) is 0 Å². The van der Waals surface area contributed by atoms with Crippen molar-refractivity contribution in [2.45, 2.75) is 52.4 Å². The van der Waals surface area contributed by atoms with E-state index in [2.05, 4.69) is 35.4 Å². The molecule has 1 fully saturated rings. The van der Waals surface area contributed by atoms with E-state index in [-0.39, 0.29) is 17.2 Å². The quantitative estimate of drug-likeness (QED) is 0.409. The van der Waals surface area contributed by atoms with Crippen LogP contribution in [0.5, 0.6) is 5.75 Å². The van der Waals surface area contributed by atoms with Crippen molar-refractivity contribution in [2.75, 3.05) is 12.4 Å². The second kappa shape index (κ2) is 8.85. The third kappa shape index (κ3) is 5.29. The Labute approximate surface area is 196 Å². The van der Waals surface area contributed by atoms with Crippen LogP contribution in [0.3, 0.4) is 0 Å². The number of imidazole rings is 1. The molecule has 0 spiro atoms. The van der Waals surface area contributed by atoms with Crippen LogP contribution in [0.15, 0.2) is 42.5 Å². The summed E-state index contributed by atoms with van der Waals surface area (Å²) in [6.45, 7) is 6.74. The molecule has 2 atom stereocenters. The molecule has 0 bridgehead atoms. The number of ether oxygens (including phenoxy) is 2. The highest BCUT2D eigenvalue weighted by Gasteiger charge is 2.35. The molecule has 6 nitrogen and oxygen atoms in total. The number of hydrogen-bond acceptors (Lipinski definition) is 5. The van der Waals surface area contributed by atoms with E-state index >= 15 is 0 Å². The predicted molar refractivity (Wildman–Crippen MR) is 123 cm³/mol. The van der Waals surface area contributed by atoms with E-state index < -0.39 is 12.3 Å². The summed E-state index contributed by atoms with van der Waals surface area (Å²) < 4.78 is 48.4. The zero-order valence-corrected chi connectivity index (χ0v) is 19.6. The standard InChI is InChI=1S/C25H28F3N3O3/c1-15-11-18(14-24(2,3)13-15)31-21-12-16(22(32)33-4)5-10-20(21)30-23(31)29-17-6-8-19(9-7-17)34-25(26,27)28/h5-10,12,15,18H,11,13-14H2,1-4H3,(H,29,30)/t15-,18+/m0/s1. The summed E-state index contributed by atoms with van der Waals surface area (Å²) >= 11 is 0. The molecule has 0 amide bonds. The number of methoxy groups -OCH3 is 1. The normalized spacial score (nSPS) is 20.2. The number of anilines is 2. The highest BCUT2D eigenvalue weighted by atomic mass is 19.4.